The molecule has 0 radical (unpaired) electrons. The monoisotopic (exact) mass is 294 g/mol. The lowest BCUT2D eigenvalue weighted by Gasteiger charge is -2.06. The average Bonchev–Trinajstić information content (AvgIpc) is 2.86. The zero-order valence-electron chi connectivity index (χ0n) is 9.85. The molecule has 0 atom stereocenters. The molecule has 6 heteroatoms. The molecule has 2 rings (SSSR count). The number of carbonyl (C=O) groups is 2. The van der Waals surface area contributed by atoms with Crippen molar-refractivity contribution in [3.8, 4) is 0 Å². The molecule has 19 heavy (non-hydrogen) atoms. The van der Waals surface area contributed by atoms with Gasteiger partial charge >= 0.3 is 0 Å². The van der Waals surface area contributed by atoms with Crippen LogP contribution in [0.2, 0.25) is 5.02 Å². The molecule has 0 aliphatic heterocycles. The normalized spacial score (nSPS) is 10.2. The van der Waals surface area contributed by atoms with E-state index in [0.717, 1.165) is 0 Å². The first-order valence-electron chi connectivity index (χ1n) is 5.50. The van der Waals surface area contributed by atoms with Gasteiger partial charge in [-0.3, -0.25) is 9.59 Å². The number of rotatable bonds is 4. The number of ketones is 1. The summed E-state index contributed by atoms with van der Waals surface area (Å²) in [6.07, 6.45) is 0. The SMILES string of the molecule is NCC(=O)Nc1sccc1C(=O)c1ccccc1Cl. The molecule has 1 aromatic heterocycles. The largest absolute Gasteiger partial charge is 0.322 e. The van der Waals surface area contributed by atoms with E-state index in [9.17, 15) is 9.59 Å². The van der Waals surface area contributed by atoms with Crippen LogP contribution in [0, 0.1) is 0 Å². The van der Waals surface area contributed by atoms with E-state index in [-0.39, 0.29) is 18.2 Å². The Bertz CT molecular complexity index is 625. The van der Waals surface area contributed by atoms with Gasteiger partial charge in [0.05, 0.1) is 17.1 Å². The van der Waals surface area contributed by atoms with E-state index in [1.54, 1.807) is 35.7 Å². The van der Waals surface area contributed by atoms with Gasteiger partial charge in [-0.05, 0) is 23.6 Å². The standard InChI is InChI=1S/C13H11ClN2O2S/c14-10-4-2-1-3-8(10)12(18)9-5-6-19-13(9)16-11(17)7-15/h1-6H,7,15H2,(H,16,17). The van der Waals surface area contributed by atoms with Crippen molar-refractivity contribution in [1.82, 2.24) is 0 Å². The number of nitrogens with two attached hydrogens (primary N) is 1. The lowest BCUT2D eigenvalue weighted by Crippen LogP contribution is -2.22. The number of benzene rings is 1. The van der Waals surface area contributed by atoms with E-state index in [0.29, 0.717) is 21.2 Å². The zero-order valence-corrected chi connectivity index (χ0v) is 11.4. The fourth-order valence-electron chi connectivity index (χ4n) is 1.55. The maximum Gasteiger partial charge on any atom is 0.238 e. The Morgan fingerprint density at radius 1 is 1.21 bits per heavy atom. The molecule has 3 N–H and O–H groups in total. The Kier molecular flexibility index (Phi) is 4.31. The van der Waals surface area contributed by atoms with Crippen LogP contribution in [0.1, 0.15) is 15.9 Å². The minimum atomic E-state index is -0.337. The molecule has 98 valence electrons. The first-order valence-corrected chi connectivity index (χ1v) is 6.76. The molecule has 0 saturated carbocycles. The second-order valence-electron chi connectivity index (χ2n) is 3.72. The van der Waals surface area contributed by atoms with Gasteiger partial charge in [-0.25, -0.2) is 0 Å². The van der Waals surface area contributed by atoms with Crippen molar-refractivity contribution in [1.29, 1.82) is 0 Å². The highest BCUT2D eigenvalue weighted by Crippen LogP contribution is 2.28. The van der Waals surface area contributed by atoms with Crippen molar-refractivity contribution in [2.75, 3.05) is 11.9 Å². The van der Waals surface area contributed by atoms with Crippen LogP contribution in [0.3, 0.4) is 0 Å². The van der Waals surface area contributed by atoms with E-state index in [1.165, 1.54) is 11.3 Å². The van der Waals surface area contributed by atoms with Crippen molar-refractivity contribution in [3.05, 3.63) is 51.9 Å². The average molecular weight is 295 g/mol. The molecule has 0 bridgehead atoms. The molecule has 4 nitrogen and oxygen atoms in total. The summed E-state index contributed by atoms with van der Waals surface area (Å²) in [4.78, 5) is 23.6. The summed E-state index contributed by atoms with van der Waals surface area (Å²) in [6.45, 7) is -0.127. The van der Waals surface area contributed by atoms with E-state index >= 15 is 0 Å². The Labute approximate surface area is 119 Å². The molecule has 0 aliphatic rings. The van der Waals surface area contributed by atoms with Crippen molar-refractivity contribution >= 4 is 39.6 Å². The number of nitrogens with one attached hydrogen (secondary N) is 1. The first-order chi connectivity index (χ1) is 9.13. The summed E-state index contributed by atoms with van der Waals surface area (Å²) < 4.78 is 0. The van der Waals surface area contributed by atoms with Crippen LogP contribution >= 0.6 is 22.9 Å². The van der Waals surface area contributed by atoms with E-state index in [1.807, 2.05) is 0 Å². The van der Waals surface area contributed by atoms with Crippen LogP contribution in [0.4, 0.5) is 5.00 Å². The summed E-state index contributed by atoms with van der Waals surface area (Å²) in [6, 6.07) is 8.45. The lowest BCUT2D eigenvalue weighted by molar-refractivity contribution is -0.114. The molecular weight excluding hydrogens is 284 g/mol. The van der Waals surface area contributed by atoms with Crippen LogP contribution < -0.4 is 11.1 Å². The zero-order chi connectivity index (χ0) is 13.8. The van der Waals surface area contributed by atoms with Crippen molar-refractivity contribution in [3.63, 3.8) is 0 Å². The second-order valence-corrected chi connectivity index (χ2v) is 5.05. The topological polar surface area (TPSA) is 72.2 Å². The van der Waals surface area contributed by atoms with E-state index < -0.39 is 0 Å². The van der Waals surface area contributed by atoms with Crippen LogP contribution in [-0.4, -0.2) is 18.2 Å². The Balaban J connectivity index is 2.33. The summed E-state index contributed by atoms with van der Waals surface area (Å²) in [5.41, 5.74) is 6.06. The second kappa shape index (κ2) is 5.97. The molecule has 1 aromatic carbocycles. The van der Waals surface area contributed by atoms with Crippen molar-refractivity contribution in [2.45, 2.75) is 0 Å². The predicted molar refractivity (Wildman–Crippen MR) is 76.9 cm³/mol. The number of hydrogen-bond acceptors (Lipinski definition) is 4. The summed E-state index contributed by atoms with van der Waals surface area (Å²) in [7, 11) is 0. The van der Waals surface area contributed by atoms with Gasteiger partial charge in [0.2, 0.25) is 5.91 Å². The molecule has 2 aromatic rings. The molecule has 0 aliphatic carbocycles. The molecule has 0 spiro atoms. The highest BCUT2D eigenvalue weighted by molar-refractivity contribution is 7.14. The van der Waals surface area contributed by atoms with E-state index in [4.69, 9.17) is 17.3 Å². The molecule has 0 unspecified atom stereocenters. The molecule has 1 amide bonds. The highest BCUT2D eigenvalue weighted by atomic mass is 35.5. The third-order valence-corrected chi connectivity index (χ3v) is 3.63. The van der Waals surface area contributed by atoms with Gasteiger partial charge in [0.25, 0.3) is 0 Å². The fourth-order valence-corrected chi connectivity index (χ4v) is 2.58. The molecule has 0 saturated heterocycles. The van der Waals surface area contributed by atoms with Crippen LogP contribution in [0.15, 0.2) is 35.7 Å². The Morgan fingerprint density at radius 3 is 2.63 bits per heavy atom. The highest BCUT2D eigenvalue weighted by Gasteiger charge is 2.18. The summed E-state index contributed by atoms with van der Waals surface area (Å²) >= 11 is 7.27. The van der Waals surface area contributed by atoms with Gasteiger partial charge in [0.15, 0.2) is 5.78 Å². The van der Waals surface area contributed by atoms with Crippen molar-refractivity contribution < 1.29 is 9.59 Å². The minimum absolute atomic E-state index is 0.127. The van der Waals surface area contributed by atoms with Gasteiger partial charge in [0, 0.05) is 5.56 Å². The number of thiophene rings is 1. The van der Waals surface area contributed by atoms with Gasteiger partial charge in [-0.15, -0.1) is 11.3 Å². The quantitative estimate of drug-likeness (QED) is 0.851. The van der Waals surface area contributed by atoms with E-state index in [2.05, 4.69) is 5.32 Å². The number of carbonyl (C=O) groups excluding carboxylic acids is 2. The van der Waals surface area contributed by atoms with Gasteiger partial charge in [-0.2, -0.15) is 0 Å². The maximum absolute atomic E-state index is 12.4. The third kappa shape index (κ3) is 3.01. The van der Waals surface area contributed by atoms with Crippen LogP contribution in [0.25, 0.3) is 0 Å². The summed E-state index contributed by atoms with van der Waals surface area (Å²) in [5.74, 6) is -0.560. The van der Waals surface area contributed by atoms with Crippen LogP contribution in [-0.2, 0) is 4.79 Å². The molecule has 1 heterocycles. The number of anilines is 1. The van der Waals surface area contributed by atoms with Crippen LogP contribution in [0.5, 0.6) is 0 Å². The third-order valence-electron chi connectivity index (χ3n) is 2.47. The van der Waals surface area contributed by atoms with Gasteiger partial charge in [0.1, 0.15) is 5.00 Å². The summed E-state index contributed by atoms with van der Waals surface area (Å²) in [5, 5.41) is 5.20. The molecule has 0 fully saturated rings. The Hall–Kier alpha value is -1.69. The molecular formula is C13H11ClN2O2S. The fraction of sp³-hybridized carbons (Fsp3) is 0.0769. The van der Waals surface area contributed by atoms with Gasteiger partial charge < -0.3 is 11.1 Å². The maximum atomic E-state index is 12.4. The van der Waals surface area contributed by atoms with Gasteiger partial charge in [-0.1, -0.05) is 23.7 Å². The first kappa shape index (κ1) is 13.7. The number of amides is 1. The smallest absolute Gasteiger partial charge is 0.238 e. The van der Waals surface area contributed by atoms with Crippen molar-refractivity contribution in [2.24, 2.45) is 5.73 Å². The number of hydrogen-bond donors (Lipinski definition) is 2. The Morgan fingerprint density at radius 2 is 1.95 bits per heavy atom. The minimum Gasteiger partial charge on any atom is -0.322 e. The number of halogens is 1. The lowest BCUT2D eigenvalue weighted by atomic mass is 10.1. The predicted octanol–water partition coefficient (Wildman–Crippen LogP) is 2.53.